The molecule has 4 atom stereocenters. The molecule has 17 heavy (non-hydrogen) atoms. The Balaban J connectivity index is 0. The van der Waals surface area contributed by atoms with Gasteiger partial charge in [0, 0.05) is 5.57 Å². The normalized spacial score (nSPS) is 16.8. The molecular formula is C10H18O7. The number of rotatable bonds is 5. The Morgan fingerprint density at radius 2 is 1.53 bits per heavy atom. The van der Waals surface area contributed by atoms with Gasteiger partial charge in [-0.05, 0) is 13.8 Å². The van der Waals surface area contributed by atoms with Crippen LogP contribution in [0.5, 0.6) is 0 Å². The molecule has 0 rings (SSSR count). The van der Waals surface area contributed by atoms with Gasteiger partial charge in [-0.1, -0.05) is 6.58 Å². The minimum absolute atomic E-state index is 0.0935. The van der Waals surface area contributed by atoms with Crippen molar-refractivity contribution in [1.82, 2.24) is 0 Å². The van der Waals surface area contributed by atoms with Crippen molar-refractivity contribution in [3.8, 4) is 0 Å². The van der Waals surface area contributed by atoms with Crippen molar-refractivity contribution in [2.75, 3.05) is 0 Å². The SMILES string of the molecule is C=C(C)C(=O)O.CC(O)C(O)C(O)C(O)C=O. The van der Waals surface area contributed by atoms with E-state index in [9.17, 15) is 9.59 Å². The van der Waals surface area contributed by atoms with Gasteiger partial charge in [-0.15, -0.1) is 0 Å². The first-order valence-electron chi connectivity index (χ1n) is 4.71. The zero-order valence-corrected chi connectivity index (χ0v) is 9.65. The van der Waals surface area contributed by atoms with Crippen LogP contribution >= 0.6 is 0 Å². The lowest BCUT2D eigenvalue weighted by atomic mass is 10.1. The van der Waals surface area contributed by atoms with Crippen LogP contribution in [0.2, 0.25) is 0 Å². The molecule has 0 radical (unpaired) electrons. The fourth-order valence-electron chi connectivity index (χ4n) is 0.568. The van der Waals surface area contributed by atoms with Crippen LogP contribution < -0.4 is 0 Å². The summed E-state index contributed by atoms with van der Waals surface area (Å²) in [7, 11) is 0. The smallest absolute Gasteiger partial charge is 0.330 e. The van der Waals surface area contributed by atoms with E-state index in [1.807, 2.05) is 0 Å². The average molecular weight is 250 g/mol. The Morgan fingerprint density at radius 3 is 1.71 bits per heavy atom. The van der Waals surface area contributed by atoms with Crippen LogP contribution in [0, 0.1) is 0 Å². The Kier molecular flexibility index (Phi) is 9.39. The van der Waals surface area contributed by atoms with Gasteiger partial charge in [-0.2, -0.15) is 0 Å². The fraction of sp³-hybridized carbons (Fsp3) is 0.600. The third kappa shape index (κ3) is 8.52. The van der Waals surface area contributed by atoms with Gasteiger partial charge >= 0.3 is 5.97 Å². The maximum Gasteiger partial charge on any atom is 0.330 e. The fourth-order valence-corrected chi connectivity index (χ4v) is 0.568. The zero-order chi connectivity index (χ0) is 14.2. The molecular weight excluding hydrogens is 232 g/mol. The molecule has 100 valence electrons. The lowest BCUT2D eigenvalue weighted by molar-refractivity contribution is -0.133. The summed E-state index contributed by atoms with van der Waals surface area (Å²) in [6, 6.07) is 0. The van der Waals surface area contributed by atoms with Crippen molar-refractivity contribution in [2.24, 2.45) is 0 Å². The Labute approximate surface area is 98.6 Å². The van der Waals surface area contributed by atoms with Crippen molar-refractivity contribution < 1.29 is 35.1 Å². The summed E-state index contributed by atoms with van der Waals surface area (Å²) in [6.45, 7) is 5.84. The summed E-state index contributed by atoms with van der Waals surface area (Å²) in [6.07, 6.45) is -5.88. The summed E-state index contributed by atoms with van der Waals surface area (Å²) in [5.41, 5.74) is 0.176. The molecule has 7 heteroatoms. The zero-order valence-electron chi connectivity index (χ0n) is 9.65. The second kappa shape index (κ2) is 8.82. The van der Waals surface area contributed by atoms with Crippen molar-refractivity contribution in [3.05, 3.63) is 12.2 Å². The van der Waals surface area contributed by atoms with Gasteiger partial charge in [0.1, 0.15) is 18.3 Å². The minimum Gasteiger partial charge on any atom is -0.478 e. The van der Waals surface area contributed by atoms with Crippen molar-refractivity contribution in [1.29, 1.82) is 0 Å². The summed E-state index contributed by atoms with van der Waals surface area (Å²) in [5, 5.41) is 43.0. The Hall–Kier alpha value is -1.28. The largest absolute Gasteiger partial charge is 0.478 e. The van der Waals surface area contributed by atoms with E-state index >= 15 is 0 Å². The molecule has 0 saturated heterocycles. The van der Waals surface area contributed by atoms with E-state index in [0.29, 0.717) is 0 Å². The van der Waals surface area contributed by atoms with E-state index in [1.54, 1.807) is 0 Å². The number of carbonyl (C=O) groups is 2. The molecule has 0 fully saturated rings. The number of aldehydes is 1. The van der Waals surface area contributed by atoms with Crippen LogP contribution in [-0.4, -0.2) is 62.2 Å². The number of aliphatic hydroxyl groups excluding tert-OH is 4. The van der Waals surface area contributed by atoms with Gasteiger partial charge < -0.3 is 30.3 Å². The maximum absolute atomic E-state index is 9.87. The monoisotopic (exact) mass is 250 g/mol. The highest BCUT2D eigenvalue weighted by atomic mass is 16.4. The Bertz CT molecular complexity index is 249. The van der Waals surface area contributed by atoms with Gasteiger partial charge in [0.05, 0.1) is 6.10 Å². The molecule has 0 bridgehead atoms. The van der Waals surface area contributed by atoms with Crippen LogP contribution in [0.15, 0.2) is 12.2 Å². The number of aliphatic hydroxyl groups is 4. The number of hydrogen-bond donors (Lipinski definition) is 5. The van der Waals surface area contributed by atoms with Crippen LogP contribution in [0.3, 0.4) is 0 Å². The second-order valence-corrected chi connectivity index (χ2v) is 3.43. The van der Waals surface area contributed by atoms with Gasteiger partial charge in [-0.3, -0.25) is 0 Å². The van der Waals surface area contributed by atoms with E-state index in [-0.39, 0.29) is 11.9 Å². The molecule has 0 aromatic carbocycles. The van der Waals surface area contributed by atoms with Crippen LogP contribution in [0.4, 0.5) is 0 Å². The minimum atomic E-state index is -1.65. The standard InChI is InChI=1S/C6H12O5.C4H6O2/c1-3(8)5(10)6(11)4(9)2-7;1-3(2)4(5)6/h2-6,8-11H,1H3;1H2,2H3,(H,5,6). The van der Waals surface area contributed by atoms with E-state index in [2.05, 4.69) is 6.58 Å². The van der Waals surface area contributed by atoms with Gasteiger partial charge in [0.15, 0.2) is 6.29 Å². The number of carboxylic acids is 1. The third-order valence-corrected chi connectivity index (χ3v) is 1.70. The summed E-state index contributed by atoms with van der Waals surface area (Å²) in [4.78, 5) is 19.5. The lowest BCUT2D eigenvalue weighted by Gasteiger charge is -2.21. The second-order valence-electron chi connectivity index (χ2n) is 3.43. The predicted octanol–water partition coefficient (Wildman–Crippen LogP) is -1.70. The number of carbonyl (C=O) groups excluding carboxylic acids is 1. The molecule has 0 heterocycles. The first-order chi connectivity index (χ1) is 7.64. The molecule has 0 aliphatic rings. The third-order valence-electron chi connectivity index (χ3n) is 1.70. The molecule has 7 nitrogen and oxygen atoms in total. The molecule has 5 N–H and O–H groups in total. The molecule has 0 aromatic rings. The van der Waals surface area contributed by atoms with Gasteiger partial charge in [-0.25, -0.2) is 4.79 Å². The van der Waals surface area contributed by atoms with Crippen LogP contribution in [0.1, 0.15) is 13.8 Å². The highest BCUT2D eigenvalue weighted by Gasteiger charge is 2.27. The van der Waals surface area contributed by atoms with Crippen molar-refractivity contribution in [3.63, 3.8) is 0 Å². The van der Waals surface area contributed by atoms with Gasteiger partial charge in [0.25, 0.3) is 0 Å². The van der Waals surface area contributed by atoms with Crippen molar-refractivity contribution in [2.45, 2.75) is 38.3 Å². The van der Waals surface area contributed by atoms with Crippen LogP contribution in [0.25, 0.3) is 0 Å². The summed E-state index contributed by atoms with van der Waals surface area (Å²) >= 11 is 0. The van der Waals surface area contributed by atoms with Crippen LogP contribution in [-0.2, 0) is 9.59 Å². The number of hydrogen-bond acceptors (Lipinski definition) is 6. The first-order valence-corrected chi connectivity index (χ1v) is 4.71. The van der Waals surface area contributed by atoms with E-state index < -0.39 is 30.4 Å². The summed E-state index contributed by atoms with van der Waals surface area (Å²) < 4.78 is 0. The first kappa shape index (κ1) is 18.1. The van der Waals surface area contributed by atoms with Gasteiger partial charge in [0.2, 0.25) is 0 Å². The quantitative estimate of drug-likeness (QED) is 0.290. The highest BCUT2D eigenvalue weighted by Crippen LogP contribution is 2.02. The molecule has 0 spiro atoms. The Morgan fingerprint density at radius 1 is 1.18 bits per heavy atom. The maximum atomic E-state index is 9.87. The van der Waals surface area contributed by atoms with Crippen molar-refractivity contribution >= 4 is 12.3 Å². The average Bonchev–Trinajstić information content (AvgIpc) is 2.26. The number of carboxylic acid groups (broad SMARTS) is 1. The predicted molar refractivity (Wildman–Crippen MR) is 58.2 cm³/mol. The van der Waals surface area contributed by atoms with E-state index in [1.165, 1.54) is 13.8 Å². The molecule has 0 saturated carbocycles. The molecule has 0 amide bonds. The molecule has 0 aromatic heterocycles. The molecule has 0 aliphatic heterocycles. The summed E-state index contributed by atoms with van der Waals surface area (Å²) in [5.74, 6) is -0.935. The topological polar surface area (TPSA) is 135 Å². The lowest BCUT2D eigenvalue weighted by Crippen LogP contribution is -2.43. The molecule has 0 aliphatic carbocycles. The highest BCUT2D eigenvalue weighted by molar-refractivity contribution is 5.84. The van der Waals surface area contributed by atoms with E-state index in [4.69, 9.17) is 25.5 Å². The number of aliphatic carboxylic acids is 1. The molecule has 4 unspecified atom stereocenters. The van der Waals surface area contributed by atoms with E-state index in [0.717, 1.165) is 0 Å².